The van der Waals surface area contributed by atoms with Gasteiger partial charge in [0.25, 0.3) is 5.91 Å². The van der Waals surface area contributed by atoms with Crippen molar-refractivity contribution in [3.8, 4) is 0 Å². The second-order valence-electron chi connectivity index (χ2n) is 4.82. The minimum atomic E-state index is -0.731. The summed E-state index contributed by atoms with van der Waals surface area (Å²) < 4.78 is 2.68. The van der Waals surface area contributed by atoms with Crippen molar-refractivity contribution in [1.29, 1.82) is 0 Å². The van der Waals surface area contributed by atoms with Crippen LogP contribution in [0.15, 0.2) is 16.7 Å². The molecule has 0 radical (unpaired) electrons. The van der Waals surface area contributed by atoms with Gasteiger partial charge in [-0.3, -0.25) is 9.59 Å². The summed E-state index contributed by atoms with van der Waals surface area (Å²) in [6.45, 7) is 0.653. The SMILES string of the molecule is Cn1cc(Br)cc1C(=O)NCCCCCCCC(=O)O. The Morgan fingerprint density at radius 2 is 1.90 bits per heavy atom. The predicted molar refractivity (Wildman–Crippen MR) is 80.8 cm³/mol. The van der Waals surface area contributed by atoms with E-state index in [4.69, 9.17) is 5.11 Å². The Bertz CT molecular complexity index is 457. The second-order valence-corrected chi connectivity index (χ2v) is 5.74. The number of carbonyl (C=O) groups excluding carboxylic acids is 1. The molecule has 0 fully saturated rings. The third-order valence-electron chi connectivity index (χ3n) is 3.06. The van der Waals surface area contributed by atoms with E-state index in [0.717, 1.165) is 36.6 Å². The van der Waals surface area contributed by atoms with E-state index < -0.39 is 5.97 Å². The first kappa shape index (κ1) is 16.8. The van der Waals surface area contributed by atoms with Gasteiger partial charge in [-0.05, 0) is 34.8 Å². The van der Waals surface area contributed by atoms with Gasteiger partial charge >= 0.3 is 5.97 Å². The van der Waals surface area contributed by atoms with Crippen molar-refractivity contribution in [2.75, 3.05) is 6.54 Å². The van der Waals surface area contributed by atoms with Gasteiger partial charge in [-0.1, -0.05) is 19.3 Å². The van der Waals surface area contributed by atoms with Gasteiger partial charge in [-0.25, -0.2) is 0 Å². The third kappa shape index (κ3) is 6.23. The minimum absolute atomic E-state index is 0.0657. The van der Waals surface area contributed by atoms with Crippen molar-refractivity contribution in [1.82, 2.24) is 9.88 Å². The van der Waals surface area contributed by atoms with Gasteiger partial charge in [0.05, 0.1) is 0 Å². The molecule has 0 atom stereocenters. The fourth-order valence-corrected chi connectivity index (χ4v) is 2.50. The largest absolute Gasteiger partial charge is 0.481 e. The zero-order valence-electron chi connectivity index (χ0n) is 11.7. The number of hydrogen-bond acceptors (Lipinski definition) is 2. The van der Waals surface area contributed by atoms with E-state index in [0.29, 0.717) is 12.2 Å². The van der Waals surface area contributed by atoms with E-state index in [9.17, 15) is 9.59 Å². The maximum Gasteiger partial charge on any atom is 0.303 e. The van der Waals surface area contributed by atoms with Crippen LogP contribution in [0, 0.1) is 0 Å². The lowest BCUT2D eigenvalue weighted by Crippen LogP contribution is -2.26. The minimum Gasteiger partial charge on any atom is -0.481 e. The molecule has 0 spiro atoms. The van der Waals surface area contributed by atoms with Crippen LogP contribution in [0.1, 0.15) is 49.0 Å². The Hall–Kier alpha value is -1.30. The summed E-state index contributed by atoms with van der Waals surface area (Å²) in [6, 6.07) is 1.79. The first-order valence-electron chi connectivity index (χ1n) is 6.82. The molecule has 0 aliphatic rings. The number of carbonyl (C=O) groups is 2. The second kappa shape index (κ2) is 8.79. The summed E-state index contributed by atoms with van der Waals surface area (Å²) in [5, 5.41) is 11.4. The van der Waals surface area contributed by atoms with Crippen LogP contribution in [0.2, 0.25) is 0 Å². The number of aryl methyl sites for hydroxylation is 1. The molecule has 1 heterocycles. The molecule has 0 unspecified atom stereocenters. The molecule has 112 valence electrons. The molecule has 1 rings (SSSR count). The highest BCUT2D eigenvalue weighted by atomic mass is 79.9. The Balaban J connectivity index is 2.08. The van der Waals surface area contributed by atoms with Crippen molar-refractivity contribution >= 4 is 27.8 Å². The molecule has 0 aliphatic carbocycles. The molecular formula is C14H21BrN2O3. The molecule has 0 bridgehead atoms. The number of amides is 1. The van der Waals surface area contributed by atoms with Crippen LogP contribution in [-0.4, -0.2) is 28.1 Å². The van der Waals surface area contributed by atoms with Gasteiger partial charge in [0.15, 0.2) is 0 Å². The molecule has 0 saturated carbocycles. The maximum atomic E-state index is 11.9. The number of unbranched alkanes of at least 4 members (excludes halogenated alkanes) is 4. The zero-order valence-corrected chi connectivity index (χ0v) is 13.3. The quantitative estimate of drug-likeness (QED) is 0.676. The molecule has 0 aliphatic heterocycles. The lowest BCUT2D eigenvalue weighted by molar-refractivity contribution is -0.137. The Labute approximate surface area is 127 Å². The number of aliphatic carboxylic acids is 1. The van der Waals surface area contributed by atoms with Gasteiger partial charge in [0, 0.05) is 30.7 Å². The molecule has 6 heteroatoms. The molecule has 1 aromatic rings. The Morgan fingerprint density at radius 1 is 1.25 bits per heavy atom. The number of rotatable bonds is 9. The first-order chi connectivity index (χ1) is 9.50. The van der Waals surface area contributed by atoms with E-state index >= 15 is 0 Å². The maximum absolute atomic E-state index is 11.9. The zero-order chi connectivity index (χ0) is 15.0. The van der Waals surface area contributed by atoms with Gasteiger partial charge < -0.3 is 15.0 Å². The fourth-order valence-electron chi connectivity index (χ4n) is 1.97. The fraction of sp³-hybridized carbons (Fsp3) is 0.571. The number of aromatic nitrogens is 1. The number of carboxylic acids is 1. The topological polar surface area (TPSA) is 71.3 Å². The summed E-state index contributed by atoms with van der Waals surface area (Å²) in [5.74, 6) is -0.796. The summed E-state index contributed by atoms with van der Waals surface area (Å²) >= 11 is 3.34. The van der Waals surface area contributed by atoms with E-state index in [1.165, 1.54) is 0 Å². The third-order valence-corrected chi connectivity index (χ3v) is 3.49. The molecule has 5 nitrogen and oxygen atoms in total. The van der Waals surface area contributed by atoms with Crippen LogP contribution in [-0.2, 0) is 11.8 Å². The van der Waals surface area contributed by atoms with Gasteiger partial charge in [-0.2, -0.15) is 0 Å². The number of halogens is 1. The molecule has 2 N–H and O–H groups in total. The summed E-state index contributed by atoms with van der Waals surface area (Å²) in [5.41, 5.74) is 0.637. The average Bonchev–Trinajstić information content (AvgIpc) is 2.71. The van der Waals surface area contributed by atoms with Crippen molar-refractivity contribution in [2.24, 2.45) is 7.05 Å². The van der Waals surface area contributed by atoms with Crippen LogP contribution < -0.4 is 5.32 Å². The highest BCUT2D eigenvalue weighted by Crippen LogP contribution is 2.13. The van der Waals surface area contributed by atoms with Crippen molar-refractivity contribution in [3.05, 3.63) is 22.4 Å². The summed E-state index contributed by atoms with van der Waals surface area (Å²) in [4.78, 5) is 22.2. The lowest BCUT2D eigenvalue weighted by Gasteiger charge is -2.05. The molecule has 1 aromatic heterocycles. The lowest BCUT2D eigenvalue weighted by atomic mass is 10.1. The number of hydrogen-bond donors (Lipinski definition) is 2. The highest BCUT2D eigenvalue weighted by molar-refractivity contribution is 9.10. The van der Waals surface area contributed by atoms with Crippen molar-refractivity contribution in [2.45, 2.75) is 38.5 Å². The van der Waals surface area contributed by atoms with Crippen molar-refractivity contribution < 1.29 is 14.7 Å². The highest BCUT2D eigenvalue weighted by Gasteiger charge is 2.09. The predicted octanol–water partition coefficient (Wildman–Crippen LogP) is 2.94. The van der Waals surface area contributed by atoms with Crippen LogP contribution >= 0.6 is 15.9 Å². The first-order valence-corrected chi connectivity index (χ1v) is 7.62. The van der Waals surface area contributed by atoms with Crippen LogP contribution in [0.25, 0.3) is 0 Å². The molecule has 0 saturated heterocycles. The molecule has 0 aromatic carbocycles. The summed E-state index contributed by atoms with van der Waals surface area (Å²) in [7, 11) is 1.84. The van der Waals surface area contributed by atoms with Crippen LogP contribution in [0.4, 0.5) is 0 Å². The van der Waals surface area contributed by atoms with Gasteiger partial charge in [0.2, 0.25) is 0 Å². The van der Waals surface area contributed by atoms with Crippen LogP contribution in [0.3, 0.4) is 0 Å². The monoisotopic (exact) mass is 344 g/mol. The normalized spacial score (nSPS) is 10.5. The number of nitrogens with one attached hydrogen (secondary N) is 1. The van der Waals surface area contributed by atoms with Crippen LogP contribution in [0.5, 0.6) is 0 Å². The summed E-state index contributed by atoms with van der Waals surface area (Å²) in [6.07, 6.45) is 6.71. The standard InChI is InChI=1S/C14H21BrN2O3/c1-17-10-11(15)9-12(17)14(20)16-8-6-4-2-3-5-7-13(18)19/h9-10H,2-8H2,1H3,(H,16,20)(H,18,19). The van der Waals surface area contributed by atoms with E-state index in [-0.39, 0.29) is 12.3 Å². The number of nitrogens with zero attached hydrogens (tertiary/aromatic N) is 1. The molecule has 1 amide bonds. The Morgan fingerprint density at radius 3 is 2.50 bits per heavy atom. The smallest absolute Gasteiger partial charge is 0.303 e. The van der Waals surface area contributed by atoms with E-state index in [2.05, 4.69) is 21.2 Å². The van der Waals surface area contributed by atoms with E-state index in [1.54, 1.807) is 10.6 Å². The Kier molecular flexibility index (Phi) is 7.36. The van der Waals surface area contributed by atoms with Gasteiger partial charge in [0.1, 0.15) is 5.69 Å². The van der Waals surface area contributed by atoms with Gasteiger partial charge in [-0.15, -0.1) is 0 Å². The average molecular weight is 345 g/mol. The molecular weight excluding hydrogens is 324 g/mol. The van der Waals surface area contributed by atoms with Crippen molar-refractivity contribution in [3.63, 3.8) is 0 Å². The van der Waals surface area contributed by atoms with E-state index in [1.807, 2.05) is 13.2 Å². The molecule has 20 heavy (non-hydrogen) atoms. The number of carboxylic acid groups (broad SMARTS) is 1.